The lowest BCUT2D eigenvalue weighted by Gasteiger charge is -2.26. The van der Waals surface area contributed by atoms with Gasteiger partial charge in [0.05, 0.1) is 6.54 Å². The van der Waals surface area contributed by atoms with Gasteiger partial charge in [-0.1, -0.05) is 30.3 Å². The van der Waals surface area contributed by atoms with Crippen molar-refractivity contribution in [3.63, 3.8) is 0 Å². The molecule has 2 heterocycles. The highest BCUT2D eigenvalue weighted by molar-refractivity contribution is 5.83. The smallest absolute Gasteiger partial charge is 0.252 e. The number of benzene rings is 1. The van der Waals surface area contributed by atoms with E-state index in [4.69, 9.17) is 0 Å². The molecule has 0 N–H and O–H groups in total. The Hall–Kier alpha value is -3.03. The lowest BCUT2D eigenvalue weighted by atomic mass is 10.1. The van der Waals surface area contributed by atoms with Crippen LogP contribution in [0.3, 0.4) is 0 Å². The molecule has 0 saturated carbocycles. The standard InChI is InChI=1S/C16H19N7O/c1-2-21(11-12-22-10-6-9-18-22)16(24)15(23-13-17-19-20-23)14-7-4-3-5-8-14/h3-10,13,15H,2,11-12H2,1H3/t15-/m1/s1. The van der Waals surface area contributed by atoms with Crippen molar-refractivity contribution < 1.29 is 4.79 Å². The van der Waals surface area contributed by atoms with Crippen molar-refractivity contribution in [2.75, 3.05) is 13.1 Å². The van der Waals surface area contributed by atoms with E-state index in [2.05, 4.69) is 20.6 Å². The molecule has 3 aromatic rings. The van der Waals surface area contributed by atoms with E-state index in [1.807, 2.05) is 54.2 Å². The Morgan fingerprint density at radius 3 is 2.71 bits per heavy atom. The first-order valence-corrected chi connectivity index (χ1v) is 7.83. The SMILES string of the molecule is CCN(CCn1cccn1)C(=O)[C@@H](c1ccccc1)n1cnnn1. The van der Waals surface area contributed by atoms with E-state index >= 15 is 0 Å². The Balaban J connectivity index is 1.81. The molecule has 8 heteroatoms. The van der Waals surface area contributed by atoms with Gasteiger partial charge in [0.1, 0.15) is 6.33 Å². The average molecular weight is 325 g/mol. The van der Waals surface area contributed by atoms with Gasteiger partial charge < -0.3 is 4.90 Å². The third kappa shape index (κ3) is 3.48. The minimum absolute atomic E-state index is 0.0387. The summed E-state index contributed by atoms with van der Waals surface area (Å²) in [5, 5.41) is 15.4. The molecule has 8 nitrogen and oxygen atoms in total. The molecule has 0 spiro atoms. The van der Waals surface area contributed by atoms with Gasteiger partial charge in [0, 0.05) is 25.5 Å². The molecule has 0 unspecified atom stereocenters. The van der Waals surface area contributed by atoms with E-state index in [0.717, 1.165) is 5.56 Å². The van der Waals surface area contributed by atoms with Crippen LogP contribution in [0.25, 0.3) is 0 Å². The molecule has 0 aliphatic heterocycles. The summed E-state index contributed by atoms with van der Waals surface area (Å²) >= 11 is 0. The van der Waals surface area contributed by atoms with Crippen molar-refractivity contribution in [2.45, 2.75) is 19.5 Å². The third-order valence-corrected chi connectivity index (χ3v) is 3.83. The predicted octanol–water partition coefficient (Wildman–Crippen LogP) is 1.01. The minimum atomic E-state index is -0.571. The van der Waals surface area contributed by atoms with Crippen LogP contribution in [0, 0.1) is 0 Å². The number of tetrazole rings is 1. The number of carbonyl (C=O) groups is 1. The van der Waals surface area contributed by atoms with E-state index in [1.165, 1.54) is 11.0 Å². The van der Waals surface area contributed by atoms with Crippen LogP contribution in [-0.4, -0.2) is 53.9 Å². The van der Waals surface area contributed by atoms with Gasteiger partial charge in [-0.15, -0.1) is 5.10 Å². The topological polar surface area (TPSA) is 81.7 Å². The number of carbonyl (C=O) groups excluding carboxylic acids is 1. The molecule has 124 valence electrons. The van der Waals surface area contributed by atoms with Gasteiger partial charge in [-0.3, -0.25) is 9.48 Å². The van der Waals surface area contributed by atoms with Gasteiger partial charge in [0.15, 0.2) is 6.04 Å². The van der Waals surface area contributed by atoms with Gasteiger partial charge in [-0.2, -0.15) is 5.10 Å². The summed E-state index contributed by atoms with van der Waals surface area (Å²) in [6.07, 6.45) is 5.08. The number of nitrogens with zero attached hydrogens (tertiary/aromatic N) is 7. The van der Waals surface area contributed by atoms with Crippen LogP contribution in [0.2, 0.25) is 0 Å². The minimum Gasteiger partial charge on any atom is -0.339 e. The zero-order valence-electron chi connectivity index (χ0n) is 13.4. The van der Waals surface area contributed by atoms with Crippen LogP contribution in [-0.2, 0) is 11.3 Å². The molecule has 1 aromatic carbocycles. The van der Waals surface area contributed by atoms with Crippen LogP contribution in [0.1, 0.15) is 18.5 Å². The molecule has 0 fully saturated rings. The highest BCUT2D eigenvalue weighted by Gasteiger charge is 2.27. The number of hydrogen-bond acceptors (Lipinski definition) is 5. The van der Waals surface area contributed by atoms with Crippen LogP contribution < -0.4 is 0 Å². The number of aromatic nitrogens is 6. The number of rotatable bonds is 7. The average Bonchev–Trinajstić information content (AvgIpc) is 3.30. The lowest BCUT2D eigenvalue weighted by Crippen LogP contribution is -2.39. The molecule has 0 radical (unpaired) electrons. The fourth-order valence-corrected chi connectivity index (χ4v) is 2.58. The summed E-state index contributed by atoms with van der Waals surface area (Å²) in [5.74, 6) is -0.0387. The van der Waals surface area contributed by atoms with Crippen molar-refractivity contribution in [1.29, 1.82) is 0 Å². The molecule has 1 amide bonds. The first-order valence-electron chi connectivity index (χ1n) is 7.83. The summed E-state index contributed by atoms with van der Waals surface area (Å²) in [6, 6.07) is 10.8. The number of likely N-dealkylation sites (N-methyl/N-ethyl adjacent to an activating group) is 1. The van der Waals surface area contributed by atoms with Crippen LogP contribution >= 0.6 is 0 Å². The predicted molar refractivity (Wildman–Crippen MR) is 86.9 cm³/mol. The summed E-state index contributed by atoms with van der Waals surface area (Å²) < 4.78 is 3.30. The van der Waals surface area contributed by atoms with E-state index < -0.39 is 6.04 Å². The zero-order valence-corrected chi connectivity index (χ0v) is 13.4. The van der Waals surface area contributed by atoms with E-state index in [-0.39, 0.29) is 5.91 Å². The van der Waals surface area contributed by atoms with Crippen LogP contribution in [0.15, 0.2) is 55.1 Å². The lowest BCUT2D eigenvalue weighted by molar-refractivity contribution is -0.133. The van der Waals surface area contributed by atoms with Gasteiger partial charge in [0.25, 0.3) is 5.91 Å². The zero-order chi connectivity index (χ0) is 16.8. The fourth-order valence-electron chi connectivity index (χ4n) is 2.58. The summed E-state index contributed by atoms with van der Waals surface area (Å²) in [4.78, 5) is 14.9. The molecule has 0 aliphatic carbocycles. The molecular formula is C16H19N7O. The molecule has 0 bridgehead atoms. The Kier molecular flexibility index (Phi) is 4.95. The molecule has 3 rings (SSSR count). The maximum atomic E-state index is 13.1. The molecule has 1 atom stereocenters. The van der Waals surface area contributed by atoms with Crippen LogP contribution in [0.5, 0.6) is 0 Å². The normalized spacial score (nSPS) is 12.0. The Morgan fingerprint density at radius 2 is 2.08 bits per heavy atom. The van der Waals surface area contributed by atoms with Crippen molar-refractivity contribution >= 4 is 5.91 Å². The Labute approximate surface area is 139 Å². The maximum absolute atomic E-state index is 13.1. The number of amides is 1. The van der Waals surface area contributed by atoms with Crippen molar-refractivity contribution in [3.8, 4) is 0 Å². The second kappa shape index (κ2) is 7.49. The first-order chi connectivity index (χ1) is 11.8. The second-order valence-electron chi connectivity index (χ2n) is 5.29. The van der Waals surface area contributed by atoms with Gasteiger partial charge in [0.2, 0.25) is 0 Å². The second-order valence-corrected chi connectivity index (χ2v) is 5.29. The highest BCUT2D eigenvalue weighted by atomic mass is 16.2. The summed E-state index contributed by atoms with van der Waals surface area (Å²) in [5.41, 5.74) is 0.854. The number of hydrogen-bond donors (Lipinski definition) is 0. The third-order valence-electron chi connectivity index (χ3n) is 3.83. The van der Waals surface area contributed by atoms with Gasteiger partial charge >= 0.3 is 0 Å². The molecule has 24 heavy (non-hydrogen) atoms. The van der Waals surface area contributed by atoms with Gasteiger partial charge in [-0.05, 0) is 29.0 Å². The highest BCUT2D eigenvalue weighted by Crippen LogP contribution is 2.19. The quantitative estimate of drug-likeness (QED) is 0.647. The van der Waals surface area contributed by atoms with Crippen molar-refractivity contribution in [2.24, 2.45) is 0 Å². The monoisotopic (exact) mass is 325 g/mol. The molecular weight excluding hydrogens is 306 g/mol. The molecule has 0 saturated heterocycles. The van der Waals surface area contributed by atoms with E-state index in [1.54, 1.807) is 11.1 Å². The van der Waals surface area contributed by atoms with Crippen molar-refractivity contribution in [3.05, 3.63) is 60.7 Å². The Morgan fingerprint density at radius 1 is 1.25 bits per heavy atom. The summed E-state index contributed by atoms with van der Waals surface area (Å²) in [7, 11) is 0. The van der Waals surface area contributed by atoms with Gasteiger partial charge in [-0.25, -0.2) is 4.68 Å². The van der Waals surface area contributed by atoms with E-state index in [0.29, 0.717) is 19.6 Å². The van der Waals surface area contributed by atoms with Crippen LogP contribution in [0.4, 0.5) is 0 Å². The summed E-state index contributed by atoms with van der Waals surface area (Å²) in [6.45, 7) is 3.78. The van der Waals surface area contributed by atoms with E-state index in [9.17, 15) is 4.79 Å². The Bertz CT molecular complexity index is 740. The molecule has 0 aliphatic rings. The maximum Gasteiger partial charge on any atom is 0.252 e. The fraction of sp³-hybridized carbons (Fsp3) is 0.312. The largest absolute Gasteiger partial charge is 0.339 e. The molecule has 2 aromatic heterocycles. The van der Waals surface area contributed by atoms with Crippen molar-refractivity contribution in [1.82, 2.24) is 34.9 Å². The first kappa shape index (κ1) is 15.9.